The molecule has 3 saturated heterocycles. The summed E-state index contributed by atoms with van der Waals surface area (Å²) in [6.07, 6.45) is 1.31. The standard InChI is InChI=1S/C8H14F3N.C8H17NO2S.C6H13NO2S/c1-6(2)8(10,11)7(9)4-12(3)5-7;1-8(2,3)12(10,11)7-5-9(4)6-7;1-6(10(3,8)9)4-7(2)5-6/h6H,4-5H2,1-3H3;7H,5-6H2,1-4H3;4-5H2,1-3H3. The van der Waals surface area contributed by atoms with Crippen molar-refractivity contribution >= 4 is 19.7 Å². The van der Waals surface area contributed by atoms with Crippen LogP contribution in [0.1, 0.15) is 41.5 Å². The minimum absolute atomic E-state index is 0.137. The quantitative estimate of drug-likeness (QED) is 0.546. The average Bonchev–Trinajstić information content (AvgIpc) is 2.55. The van der Waals surface area contributed by atoms with E-state index in [1.165, 1.54) is 20.1 Å². The number of halogens is 3. The maximum atomic E-state index is 13.4. The highest BCUT2D eigenvalue weighted by atomic mass is 32.2. The zero-order valence-electron chi connectivity index (χ0n) is 22.3. The summed E-state index contributed by atoms with van der Waals surface area (Å²) in [6, 6.07) is 0. The largest absolute Gasteiger partial charge is 0.304 e. The van der Waals surface area contributed by atoms with Crippen molar-refractivity contribution in [1.82, 2.24) is 14.7 Å². The van der Waals surface area contributed by atoms with Crippen molar-refractivity contribution in [2.75, 3.05) is 66.7 Å². The van der Waals surface area contributed by atoms with Gasteiger partial charge in [-0.1, -0.05) is 13.8 Å². The molecule has 0 aliphatic carbocycles. The van der Waals surface area contributed by atoms with Crippen LogP contribution in [0.3, 0.4) is 0 Å². The summed E-state index contributed by atoms with van der Waals surface area (Å²) in [5.74, 6) is -4.13. The van der Waals surface area contributed by atoms with Gasteiger partial charge in [0.15, 0.2) is 25.3 Å². The van der Waals surface area contributed by atoms with Crippen molar-refractivity contribution in [2.45, 2.75) is 67.9 Å². The van der Waals surface area contributed by atoms with Gasteiger partial charge in [0, 0.05) is 51.4 Å². The Bertz CT molecular complexity index is 900. The molecule has 3 aliphatic rings. The molecule has 0 atom stereocenters. The van der Waals surface area contributed by atoms with E-state index in [2.05, 4.69) is 0 Å². The zero-order valence-corrected chi connectivity index (χ0v) is 24.0. The van der Waals surface area contributed by atoms with E-state index in [4.69, 9.17) is 0 Å². The van der Waals surface area contributed by atoms with Crippen LogP contribution in [0.25, 0.3) is 0 Å². The van der Waals surface area contributed by atoms with Crippen molar-refractivity contribution in [1.29, 1.82) is 0 Å². The molecule has 0 radical (unpaired) electrons. The van der Waals surface area contributed by atoms with E-state index in [0.29, 0.717) is 26.2 Å². The van der Waals surface area contributed by atoms with Crippen molar-refractivity contribution < 1.29 is 30.0 Å². The summed E-state index contributed by atoms with van der Waals surface area (Å²) < 4.78 is 84.2. The molecule has 0 N–H and O–H groups in total. The van der Waals surface area contributed by atoms with Crippen molar-refractivity contribution in [3.05, 3.63) is 0 Å². The third-order valence-corrected chi connectivity index (χ3v) is 11.7. The molecule has 3 heterocycles. The highest BCUT2D eigenvalue weighted by Gasteiger charge is 2.62. The molecule has 0 spiro atoms. The molecule has 3 aliphatic heterocycles. The van der Waals surface area contributed by atoms with Gasteiger partial charge in [-0.15, -0.1) is 0 Å². The lowest BCUT2D eigenvalue weighted by Crippen LogP contribution is -2.67. The minimum atomic E-state index is -3.19. The Morgan fingerprint density at radius 3 is 1.44 bits per heavy atom. The number of alkyl halides is 3. The topological polar surface area (TPSA) is 78.0 Å². The van der Waals surface area contributed by atoms with Crippen molar-refractivity contribution in [2.24, 2.45) is 5.92 Å². The third-order valence-electron chi connectivity index (χ3n) is 6.79. The summed E-state index contributed by atoms with van der Waals surface area (Å²) >= 11 is 0. The first-order valence-electron chi connectivity index (χ1n) is 11.4. The summed E-state index contributed by atoms with van der Waals surface area (Å²) in [6.45, 7) is 12.2. The van der Waals surface area contributed by atoms with Gasteiger partial charge in [0.25, 0.3) is 5.92 Å². The van der Waals surface area contributed by atoms with Crippen molar-refractivity contribution in [3.63, 3.8) is 0 Å². The van der Waals surface area contributed by atoms with Gasteiger partial charge >= 0.3 is 0 Å². The molecular weight excluding hydrogens is 491 g/mol. The lowest BCUT2D eigenvalue weighted by Gasteiger charge is -2.47. The Kier molecular flexibility index (Phi) is 9.43. The predicted octanol–water partition coefficient (Wildman–Crippen LogP) is 2.18. The van der Waals surface area contributed by atoms with E-state index in [1.54, 1.807) is 39.6 Å². The molecule has 0 saturated carbocycles. The molecule has 12 heteroatoms. The molecule has 0 aromatic carbocycles. The monoisotopic (exact) mass is 535 g/mol. The lowest BCUT2D eigenvalue weighted by atomic mass is 9.83. The van der Waals surface area contributed by atoms with Crippen LogP contribution in [0, 0.1) is 5.92 Å². The third kappa shape index (κ3) is 6.66. The van der Waals surface area contributed by atoms with Crippen LogP contribution in [0.15, 0.2) is 0 Å². The fraction of sp³-hybridized carbons (Fsp3) is 1.00. The molecule has 0 amide bonds. The van der Waals surface area contributed by atoms with Gasteiger partial charge in [0.05, 0.1) is 14.7 Å². The number of nitrogens with zero attached hydrogens (tertiary/aromatic N) is 3. The Morgan fingerprint density at radius 1 is 0.853 bits per heavy atom. The molecule has 3 fully saturated rings. The number of rotatable bonds is 4. The average molecular weight is 536 g/mol. The fourth-order valence-corrected chi connectivity index (χ4v) is 7.02. The summed E-state index contributed by atoms with van der Waals surface area (Å²) in [4.78, 5) is 5.57. The van der Waals surface area contributed by atoms with Gasteiger partial charge in [-0.2, -0.15) is 0 Å². The molecule has 0 aromatic rings. The normalized spacial score (nSPS) is 24.1. The Labute approximate surface area is 204 Å². The maximum absolute atomic E-state index is 13.4. The van der Waals surface area contributed by atoms with Crippen LogP contribution >= 0.6 is 0 Å². The van der Waals surface area contributed by atoms with Crippen LogP contribution in [0.2, 0.25) is 0 Å². The smallest absolute Gasteiger partial charge is 0.286 e. The molecule has 7 nitrogen and oxygen atoms in total. The number of likely N-dealkylation sites (tertiary alicyclic amines) is 3. The van der Waals surface area contributed by atoms with Crippen molar-refractivity contribution in [3.8, 4) is 0 Å². The molecular formula is C22H44F3N3O4S2. The Balaban J connectivity index is 0.000000256. The van der Waals surface area contributed by atoms with Gasteiger partial charge in [0.1, 0.15) is 0 Å². The predicted molar refractivity (Wildman–Crippen MR) is 132 cm³/mol. The van der Waals surface area contributed by atoms with E-state index in [1.807, 2.05) is 23.9 Å². The van der Waals surface area contributed by atoms with Crippen LogP contribution in [-0.2, 0) is 19.7 Å². The molecule has 0 unspecified atom stereocenters. The highest BCUT2D eigenvalue weighted by molar-refractivity contribution is 7.93. The van der Waals surface area contributed by atoms with Crippen LogP contribution in [0.5, 0.6) is 0 Å². The molecule has 3 rings (SSSR count). The Morgan fingerprint density at radius 2 is 1.24 bits per heavy atom. The summed E-state index contributed by atoms with van der Waals surface area (Å²) in [5, 5.41) is -0.137. The summed E-state index contributed by atoms with van der Waals surface area (Å²) in [5.41, 5.74) is -2.30. The van der Waals surface area contributed by atoms with Gasteiger partial charge in [0.2, 0.25) is 0 Å². The molecule has 0 aromatic heterocycles. The van der Waals surface area contributed by atoms with E-state index in [-0.39, 0.29) is 18.3 Å². The van der Waals surface area contributed by atoms with Gasteiger partial charge in [-0.3, -0.25) is 4.90 Å². The molecule has 204 valence electrons. The second-order valence-electron chi connectivity index (χ2n) is 11.8. The SMILES string of the molecule is CC(C)C(F)(F)C1(F)CN(C)C1.CN1CC(C)(S(C)(=O)=O)C1.CN1CC(S(=O)(=O)C(C)(C)C)C1. The second-order valence-corrected chi connectivity index (χ2v) is 17.3. The van der Waals surface area contributed by atoms with Crippen LogP contribution in [-0.4, -0.2) is 125 Å². The van der Waals surface area contributed by atoms with Crippen LogP contribution < -0.4 is 0 Å². The molecule has 34 heavy (non-hydrogen) atoms. The van der Waals surface area contributed by atoms with E-state index in [9.17, 15) is 30.0 Å². The zero-order chi connectivity index (χ0) is 27.1. The first kappa shape index (κ1) is 31.6. The first-order valence-corrected chi connectivity index (χ1v) is 14.9. The van der Waals surface area contributed by atoms with Gasteiger partial charge in [-0.05, 0) is 48.8 Å². The highest BCUT2D eigenvalue weighted by Crippen LogP contribution is 2.43. The van der Waals surface area contributed by atoms with E-state index >= 15 is 0 Å². The lowest BCUT2D eigenvalue weighted by molar-refractivity contribution is -0.217. The maximum Gasteiger partial charge on any atom is 0.286 e. The van der Waals surface area contributed by atoms with Gasteiger partial charge in [-0.25, -0.2) is 30.0 Å². The fourth-order valence-electron chi connectivity index (χ4n) is 4.21. The second kappa shape index (κ2) is 10.1. The first-order chi connectivity index (χ1) is 14.9. The minimum Gasteiger partial charge on any atom is -0.304 e. The number of hydrogen-bond acceptors (Lipinski definition) is 7. The van der Waals surface area contributed by atoms with Crippen LogP contribution in [0.4, 0.5) is 13.2 Å². The number of hydrogen-bond donors (Lipinski definition) is 0. The van der Waals surface area contributed by atoms with Gasteiger partial charge < -0.3 is 9.80 Å². The number of sulfone groups is 2. The van der Waals surface area contributed by atoms with E-state index < -0.39 is 46.7 Å². The Hall–Kier alpha value is -0.430. The molecule has 0 bridgehead atoms. The summed E-state index contributed by atoms with van der Waals surface area (Å²) in [7, 11) is -0.259. The van der Waals surface area contributed by atoms with E-state index in [0.717, 1.165) is 0 Å².